The van der Waals surface area contributed by atoms with Gasteiger partial charge in [-0.05, 0) is 0 Å². The first-order valence-electron chi connectivity index (χ1n) is 14.1. The number of halogens is 2. The van der Waals surface area contributed by atoms with Crippen LogP contribution in [-0.4, -0.2) is 0 Å². The molecule has 0 bridgehead atoms. The predicted octanol–water partition coefficient (Wildman–Crippen LogP) is 1.87. The second-order valence-corrected chi connectivity index (χ2v) is 14.6. The molecule has 0 N–H and O–H groups in total. The summed E-state index contributed by atoms with van der Waals surface area (Å²) in [5, 5.41) is 6.01. The topological polar surface area (TPSA) is 0 Å². The average Bonchev–Trinajstić information content (AvgIpc) is 3.41. The van der Waals surface area contributed by atoms with E-state index < -0.39 is 0 Å². The van der Waals surface area contributed by atoms with E-state index in [0.29, 0.717) is 5.92 Å². The molecule has 3 aromatic rings. The van der Waals surface area contributed by atoms with Crippen LogP contribution >= 0.6 is 0 Å². The van der Waals surface area contributed by atoms with Crippen molar-refractivity contribution in [2.24, 2.45) is 0 Å². The van der Waals surface area contributed by atoms with Crippen LogP contribution in [0.15, 0.2) is 54.6 Å². The van der Waals surface area contributed by atoms with Crippen LogP contribution in [0, 0.1) is 10.4 Å². The minimum Gasteiger partial charge on any atom is -1.00 e. The molecule has 0 nitrogen and oxygen atoms in total. The van der Waals surface area contributed by atoms with Crippen LogP contribution in [-0.2, 0) is 35.5 Å². The standard InChI is InChI=1S/C36H39.2ClH.Zr/c1-35(2,3)26-18-16-25-20-31-30(29(25)21-26)22-32(36(4,5)6)33(24-13-8-7-9-14-24)34(31)28-19-17-23-12-10-11-15-27(23)28;;;/h10-12,15-19,21-22,28H,7-9,13-14H2,1-6H3;2*1H;/q;;;+2/p-2. The zero-order valence-electron chi connectivity index (χ0n) is 24.1. The molecule has 0 aliphatic heterocycles. The molecule has 201 valence electrons. The fourth-order valence-electron chi connectivity index (χ4n) is 6.79. The molecule has 3 heteroatoms. The minimum atomic E-state index is 0. The number of benzene rings is 3. The fourth-order valence-corrected chi connectivity index (χ4v) is 7.98. The van der Waals surface area contributed by atoms with Crippen molar-refractivity contribution in [2.75, 3.05) is 0 Å². The Morgan fingerprint density at radius 1 is 0.744 bits per heavy atom. The summed E-state index contributed by atoms with van der Waals surface area (Å²) in [5.41, 5.74) is 10.9. The third-order valence-electron chi connectivity index (χ3n) is 8.79. The van der Waals surface area contributed by atoms with Gasteiger partial charge in [0.05, 0.1) is 0 Å². The normalized spacial score (nSPS) is 17.8. The van der Waals surface area contributed by atoms with Gasteiger partial charge in [-0.1, -0.05) is 0 Å². The number of hydrogen-bond donors (Lipinski definition) is 0. The number of fused-ring (bicyclic) bond motifs is 3. The molecule has 0 spiro atoms. The Bertz CT molecular complexity index is 1670. The van der Waals surface area contributed by atoms with Crippen LogP contribution < -0.4 is 35.3 Å². The predicted molar refractivity (Wildman–Crippen MR) is 154 cm³/mol. The van der Waals surface area contributed by atoms with Crippen molar-refractivity contribution in [3.63, 3.8) is 0 Å². The van der Waals surface area contributed by atoms with Crippen LogP contribution in [0.1, 0.15) is 113 Å². The molecule has 1 atom stereocenters. The molecule has 0 saturated heterocycles. The molecule has 3 aromatic carbocycles. The second-order valence-electron chi connectivity index (χ2n) is 13.4. The van der Waals surface area contributed by atoms with E-state index >= 15 is 0 Å². The van der Waals surface area contributed by atoms with Crippen molar-refractivity contribution in [1.82, 2.24) is 0 Å². The number of hydrogen-bond acceptors (Lipinski definition) is 0. The monoisotopic (exact) mass is 631 g/mol. The molecule has 1 saturated carbocycles. The minimum absolute atomic E-state index is 0. The van der Waals surface area contributed by atoms with Gasteiger partial charge in [-0.15, -0.1) is 0 Å². The molecular formula is C36H39Cl2Zr. The molecule has 3 aliphatic carbocycles. The second kappa shape index (κ2) is 11.1. The molecular weight excluding hydrogens is 595 g/mol. The summed E-state index contributed by atoms with van der Waals surface area (Å²) in [6.45, 7) is 14.3. The first kappa shape index (κ1) is 30.6. The molecule has 39 heavy (non-hydrogen) atoms. The van der Waals surface area contributed by atoms with Crippen molar-refractivity contribution in [1.29, 1.82) is 0 Å². The van der Waals surface area contributed by atoms with Crippen LogP contribution in [0.3, 0.4) is 0 Å². The van der Waals surface area contributed by atoms with E-state index in [-0.39, 0.29) is 35.6 Å². The van der Waals surface area contributed by atoms with Gasteiger partial charge < -0.3 is 24.8 Å². The zero-order chi connectivity index (χ0) is 26.1. The quantitative estimate of drug-likeness (QED) is 0.384. The number of allylic oxidation sites excluding steroid dienone is 1. The first-order chi connectivity index (χ1) is 17.6. The summed E-state index contributed by atoms with van der Waals surface area (Å²) in [4.78, 5) is 0. The molecule has 0 radical (unpaired) electrons. The summed E-state index contributed by atoms with van der Waals surface area (Å²) in [6.07, 6.45) is 11.4. The SMILES string of the molecule is CC(C)(C)c1ccc2c(c1)=c1cc(C(C)(C)C)c(=C3CCCCC3)c(C3C=Cc4ccccc43)c1[C]=2[Zr+2].[Cl-].[Cl-]. The molecule has 1 unspecified atom stereocenters. The average molecular weight is 634 g/mol. The van der Waals surface area contributed by atoms with Gasteiger partial charge in [-0.2, -0.15) is 0 Å². The Morgan fingerprint density at radius 2 is 1.44 bits per heavy atom. The Balaban J connectivity index is 0.00000176. The van der Waals surface area contributed by atoms with Gasteiger partial charge in [-0.3, -0.25) is 0 Å². The third-order valence-corrected chi connectivity index (χ3v) is 10.1. The molecule has 6 rings (SSSR count). The smallest absolute Gasteiger partial charge is 1.00 e. The maximum Gasteiger partial charge on any atom is -1.00 e. The molecule has 1 fully saturated rings. The van der Waals surface area contributed by atoms with Gasteiger partial charge in [-0.25, -0.2) is 0 Å². The van der Waals surface area contributed by atoms with Crippen molar-refractivity contribution < 1.29 is 49.5 Å². The van der Waals surface area contributed by atoms with Gasteiger partial charge in [0.2, 0.25) is 0 Å². The van der Waals surface area contributed by atoms with Gasteiger partial charge in [0, 0.05) is 0 Å². The number of rotatable bonds is 1. The maximum atomic E-state index is 2.61. The summed E-state index contributed by atoms with van der Waals surface area (Å²) < 4.78 is 1.54. The Hall–Kier alpha value is -1.40. The molecule has 0 heterocycles. The third kappa shape index (κ3) is 5.22. The van der Waals surface area contributed by atoms with Gasteiger partial charge in [0.1, 0.15) is 0 Å². The summed E-state index contributed by atoms with van der Waals surface area (Å²) in [5.74, 6) is 0.323. The van der Waals surface area contributed by atoms with E-state index in [0.717, 1.165) is 0 Å². The Labute approximate surface area is 262 Å². The van der Waals surface area contributed by atoms with E-state index in [9.17, 15) is 0 Å². The molecule has 3 aliphatic rings. The maximum absolute atomic E-state index is 2.61. The van der Waals surface area contributed by atoms with Crippen LogP contribution in [0.25, 0.3) is 14.9 Å². The fraction of sp³-hybridized carbons (Fsp3) is 0.389. The summed E-state index contributed by atoms with van der Waals surface area (Å²) in [6, 6.07) is 19.0. The van der Waals surface area contributed by atoms with E-state index in [1.54, 1.807) is 30.8 Å². The van der Waals surface area contributed by atoms with Crippen LogP contribution in [0.5, 0.6) is 0 Å². The Morgan fingerprint density at radius 3 is 2.10 bits per heavy atom. The van der Waals surface area contributed by atoms with Crippen molar-refractivity contribution in [3.8, 4) is 0 Å². The van der Waals surface area contributed by atoms with Crippen molar-refractivity contribution in [3.05, 3.63) is 109 Å². The molecule has 0 amide bonds. The summed E-state index contributed by atoms with van der Waals surface area (Å²) >= 11 is 1.52. The zero-order valence-corrected chi connectivity index (χ0v) is 28.1. The van der Waals surface area contributed by atoms with Crippen molar-refractivity contribution in [2.45, 2.75) is 90.4 Å². The van der Waals surface area contributed by atoms with Gasteiger partial charge >= 0.3 is 239 Å². The summed E-state index contributed by atoms with van der Waals surface area (Å²) in [7, 11) is 0. The van der Waals surface area contributed by atoms with E-state index in [1.807, 2.05) is 0 Å². The largest absolute Gasteiger partial charge is 1.00 e. The van der Waals surface area contributed by atoms with E-state index in [4.69, 9.17) is 0 Å². The van der Waals surface area contributed by atoms with Crippen LogP contribution in [0.2, 0.25) is 0 Å². The van der Waals surface area contributed by atoms with Crippen molar-refractivity contribution >= 4 is 14.9 Å². The Kier molecular flexibility index (Phi) is 8.71. The molecule has 0 aromatic heterocycles. The van der Waals surface area contributed by atoms with E-state index in [1.165, 1.54) is 89.2 Å². The first-order valence-corrected chi connectivity index (χ1v) is 15.4. The van der Waals surface area contributed by atoms with Gasteiger partial charge in [0.25, 0.3) is 0 Å². The van der Waals surface area contributed by atoms with E-state index in [2.05, 4.69) is 102 Å². The van der Waals surface area contributed by atoms with Gasteiger partial charge in [0.15, 0.2) is 0 Å². The van der Waals surface area contributed by atoms with Crippen LogP contribution in [0.4, 0.5) is 0 Å².